The molecule has 0 saturated carbocycles. The third kappa shape index (κ3) is 5.76. The summed E-state index contributed by atoms with van der Waals surface area (Å²) in [6.07, 6.45) is 0. The van der Waals surface area contributed by atoms with Gasteiger partial charge in [0.05, 0.1) is 5.69 Å². The molecule has 3 heteroatoms. The molecular formula is C54H35NO2. The maximum atomic E-state index is 6.82. The topological polar surface area (TPSA) is 29.5 Å². The lowest BCUT2D eigenvalue weighted by Gasteiger charge is -2.28. The number of benzene rings is 9. The Morgan fingerprint density at radius 3 is 1.32 bits per heavy atom. The molecule has 0 radical (unpaired) electrons. The van der Waals surface area contributed by atoms with E-state index in [2.05, 4.69) is 199 Å². The Balaban J connectivity index is 1.06. The summed E-state index contributed by atoms with van der Waals surface area (Å²) in [5, 5.41) is 4.43. The zero-order chi connectivity index (χ0) is 37.7. The van der Waals surface area contributed by atoms with Crippen LogP contribution >= 0.6 is 0 Å². The highest BCUT2D eigenvalue weighted by atomic mass is 16.3. The molecule has 0 aliphatic rings. The van der Waals surface area contributed by atoms with E-state index in [1.165, 1.54) is 16.7 Å². The highest BCUT2D eigenvalue weighted by Crippen LogP contribution is 2.48. The number of anilines is 3. The third-order valence-corrected chi connectivity index (χ3v) is 11.1. The maximum absolute atomic E-state index is 6.82. The lowest BCUT2D eigenvalue weighted by Crippen LogP contribution is -2.11. The van der Waals surface area contributed by atoms with Gasteiger partial charge in [0, 0.05) is 38.5 Å². The van der Waals surface area contributed by atoms with E-state index in [-0.39, 0.29) is 0 Å². The number of para-hydroxylation sites is 2. The second-order valence-corrected chi connectivity index (χ2v) is 14.5. The first-order valence-electron chi connectivity index (χ1n) is 19.3. The summed E-state index contributed by atoms with van der Waals surface area (Å²) in [6.45, 7) is 0. The average molecular weight is 730 g/mol. The van der Waals surface area contributed by atoms with Gasteiger partial charge in [-0.25, -0.2) is 0 Å². The Kier molecular flexibility index (Phi) is 7.82. The number of fused-ring (bicyclic) bond motifs is 6. The predicted molar refractivity (Wildman–Crippen MR) is 237 cm³/mol. The lowest BCUT2D eigenvalue weighted by molar-refractivity contribution is 0.668. The van der Waals surface area contributed by atoms with Crippen LogP contribution in [0.3, 0.4) is 0 Å². The van der Waals surface area contributed by atoms with Crippen LogP contribution in [0, 0.1) is 0 Å². The summed E-state index contributed by atoms with van der Waals surface area (Å²) in [7, 11) is 0. The minimum absolute atomic E-state index is 0.845. The van der Waals surface area contributed by atoms with Gasteiger partial charge in [-0.05, 0) is 93.5 Å². The number of furan rings is 2. The molecule has 268 valence electrons. The van der Waals surface area contributed by atoms with Crippen LogP contribution in [-0.2, 0) is 0 Å². The van der Waals surface area contributed by atoms with Gasteiger partial charge in [0.1, 0.15) is 16.7 Å². The zero-order valence-corrected chi connectivity index (χ0v) is 31.0. The van der Waals surface area contributed by atoms with Crippen LogP contribution in [0.15, 0.2) is 221 Å². The largest absolute Gasteiger partial charge is 0.456 e. The highest BCUT2D eigenvalue weighted by molar-refractivity contribution is 6.14. The van der Waals surface area contributed by atoms with Gasteiger partial charge >= 0.3 is 0 Å². The molecule has 0 amide bonds. The molecule has 0 atom stereocenters. The van der Waals surface area contributed by atoms with E-state index in [1.807, 2.05) is 18.2 Å². The molecular weight excluding hydrogens is 695 g/mol. The Hall–Kier alpha value is -7.62. The molecule has 0 unspecified atom stereocenters. The van der Waals surface area contributed by atoms with Crippen LogP contribution in [0.25, 0.3) is 88.4 Å². The quantitative estimate of drug-likeness (QED) is 0.164. The SMILES string of the molecule is c1ccc(-c2ccc(-c3ccc(N(c4ccc(-c5ccc6c(c5)oc5ccccc56)cc4)c4c(-c5ccccc5)ccc5c4oc4ccccc45)cc3)cc2)cc1. The van der Waals surface area contributed by atoms with Gasteiger partial charge in [-0.3, -0.25) is 0 Å². The van der Waals surface area contributed by atoms with Crippen LogP contribution in [0.5, 0.6) is 0 Å². The van der Waals surface area contributed by atoms with Crippen LogP contribution in [0.2, 0.25) is 0 Å². The molecule has 0 aliphatic heterocycles. The van der Waals surface area contributed by atoms with Crippen LogP contribution in [0.4, 0.5) is 17.1 Å². The first-order valence-corrected chi connectivity index (χ1v) is 19.3. The van der Waals surface area contributed by atoms with Crippen molar-refractivity contribution >= 4 is 60.9 Å². The fraction of sp³-hybridized carbons (Fsp3) is 0. The fourth-order valence-electron chi connectivity index (χ4n) is 8.25. The Morgan fingerprint density at radius 2 is 0.702 bits per heavy atom. The van der Waals surface area contributed by atoms with Crippen molar-refractivity contribution < 1.29 is 8.83 Å². The molecule has 2 heterocycles. The van der Waals surface area contributed by atoms with E-state index in [1.54, 1.807) is 0 Å². The van der Waals surface area contributed by atoms with Crippen LogP contribution < -0.4 is 4.90 Å². The Labute approximate surface area is 330 Å². The number of hydrogen-bond acceptors (Lipinski definition) is 3. The van der Waals surface area contributed by atoms with Gasteiger partial charge in [0.15, 0.2) is 5.58 Å². The number of rotatable bonds is 7. The van der Waals surface area contributed by atoms with Crippen molar-refractivity contribution in [2.45, 2.75) is 0 Å². The van der Waals surface area contributed by atoms with E-state index < -0.39 is 0 Å². The molecule has 0 aliphatic carbocycles. The molecule has 3 nitrogen and oxygen atoms in total. The predicted octanol–water partition coefficient (Wildman–Crippen LogP) is 15.6. The summed E-state index contributed by atoms with van der Waals surface area (Å²) in [5.74, 6) is 0. The first-order chi connectivity index (χ1) is 28.2. The molecule has 57 heavy (non-hydrogen) atoms. The summed E-state index contributed by atoms with van der Waals surface area (Å²) in [4.78, 5) is 2.35. The third-order valence-electron chi connectivity index (χ3n) is 11.1. The smallest absolute Gasteiger partial charge is 0.160 e. The molecule has 0 bridgehead atoms. The highest BCUT2D eigenvalue weighted by Gasteiger charge is 2.24. The average Bonchev–Trinajstić information content (AvgIpc) is 3.86. The van der Waals surface area contributed by atoms with Crippen molar-refractivity contribution in [2.24, 2.45) is 0 Å². The molecule has 0 N–H and O–H groups in total. The molecule has 0 spiro atoms. The molecule has 9 aromatic carbocycles. The minimum Gasteiger partial charge on any atom is -0.456 e. The zero-order valence-electron chi connectivity index (χ0n) is 31.0. The summed E-state index contributed by atoms with van der Waals surface area (Å²) in [6, 6.07) is 75.1. The number of hydrogen-bond donors (Lipinski definition) is 0. The van der Waals surface area contributed by atoms with Crippen molar-refractivity contribution in [3.05, 3.63) is 212 Å². The van der Waals surface area contributed by atoms with Crippen molar-refractivity contribution in [1.82, 2.24) is 0 Å². The van der Waals surface area contributed by atoms with Gasteiger partial charge in [0.2, 0.25) is 0 Å². The van der Waals surface area contributed by atoms with Gasteiger partial charge in [-0.2, -0.15) is 0 Å². The molecule has 11 rings (SSSR count). The van der Waals surface area contributed by atoms with Gasteiger partial charge in [-0.1, -0.05) is 158 Å². The fourth-order valence-corrected chi connectivity index (χ4v) is 8.25. The number of nitrogens with zero attached hydrogens (tertiary/aromatic N) is 1. The van der Waals surface area contributed by atoms with Gasteiger partial charge in [0.25, 0.3) is 0 Å². The van der Waals surface area contributed by atoms with Crippen molar-refractivity contribution in [2.75, 3.05) is 4.90 Å². The molecule has 0 saturated heterocycles. The van der Waals surface area contributed by atoms with Crippen LogP contribution in [-0.4, -0.2) is 0 Å². The molecule has 2 aromatic heterocycles. The second kappa shape index (κ2) is 13.6. The summed E-state index contributed by atoms with van der Waals surface area (Å²) >= 11 is 0. The van der Waals surface area contributed by atoms with Crippen molar-refractivity contribution in [3.63, 3.8) is 0 Å². The van der Waals surface area contributed by atoms with Crippen molar-refractivity contribution in [1.29, 1.82) is 0 Å². The van der Waals surface area contributed by atoms with E-state index >= 15 is 0 Å². The molecule has 11 aromatic rings. The van der Waals surface area contributed by atoms with Crippen LogP contribution in [0.1, 0.15) is 0 Å². The van der Waals surface area contributed by atoms with Crippen molar-refractivity contribution in [3.8, 4) is 44.5 Å². The first kappa shape index (κ1) is 32.8. The maximum Gasteiger partial charge on any atom is 0.160 e. The summed E-state index contributed by atoms with van der Waals surface area (Å²) < 4.78 is 13.1. The van der Waals surface area contributed by atoms with Gasteiger partial charge in [-0.15, -0.1) is 0 Å². The standard InChI is InChI=1S/C54H35NO2/c1-3-11-36(12-4-1)37-19-21-38(22-20-37)39-23-28-43(29-24-39)55(44-30-25-40(26-31-44)42-27-32-48-46-15-7-9-17-50(46)56-52(48)35-42)53-45(41-13-5-2-6-14-41)33-34-49-47-16-8-10-18-51(47)57-54(49)53/h1-35H. The van der Waals surface area contributed by atoms with E-state index in [0.717, 1.165) is 88.8 Å². The minimum atomic E-state index is 0.845. The summed E-state index contributed by atoms with van der Waals surface area (Å²) in [5.41, 5.74) is 15.7. The normalized spacial score (nSPS) is 11.5. The van der Waals surface area contributed by atoms with E-state index in [9.17, 15) is 0 Å². The second-order valence-electron chi connectivity index (χ2n) is 14.5. The molecule has 0 fully saturated rings. The lowest BCUT2D eigenvalue weighted by atomic mass is 9.98. The Bertz CT molecular complexity index is 3200. The van der Waals surface area contributed by atoms with E-state index in [0.29, 0.717) is 0 Å². The monoisotopic (exact) mass is 729 g/mol. The van der Waals surface area contributed by atoms with E-state index in [4.69, 9.17) is 8.83 Å². The van der Waals surface area contributed by atoms with Gasteiger partial charge < -0.3 is 13.7 Å². The Morgan fingerprint density at radius 1 is 0.281 bits per heavy atom.